The summed E-state index contributed by atoms with van der Waals surface area (Å²) in [4.78, 5) is 39.4. The second kappa shape index (κ2) is 11.7. The van der Waals surface area contributed by atoms with Crippen LogP contribution in [-0.4, -0.2) is 78.1 Å². The molecule has 1 aromatic carbocycles. The van der Waals surface area contributed by atoms with Gasteiger partial charge in [0, 0.05) is 49.6 Å². The lowest BCUT2D eigenvalue weighted by molar-refractivity contribution is -0.186. The fourth-order valence-electron chi connectivity index (χ4n) is 7.47. The number of carbonyl (C=O) groups excluding carboxylic acids is 3. The molecule has 0 spiro atoms. The van der Waals surface area contributed by atoms with Crippen LogP contribution in [0.4, 0.5) is 10.5 Å². The van der Waals surface area contributed by atoms with E-state index in [2.05, 4.69) is 17.6 Å². The van der Waals surface area contributed by atoms with E-state index in [1.165, 1.54) is 6.92 Å². The summed E-state index contributed by atoms with van der Waals surface area (Å²) in [7, 11) is 1.55. The quantitative estimate of drug-likeness (QED) is 0.413. The van der Waals surface area contributed by atoms with Gasteiger partial charge in [0.05, 0.1) is 19.8 Å². The molecule has 3 aliphatic rings. The van der Waals surface area contributed by atoms with Crippen LogP contribution in [0.3, 0.4) is 0 Å². The number of carbonyl (C=O) groups is 3. The van der Waals surface area contributed by atoms with E-state index in [9.17, 15) is 24.6 Å². The topological polar surface area (TPSA) is 137 Å². The van der Waals surface area contributed by atoms with Crippen molar-refractivity contribution in [3.05, 3.63) is 24.3 Å². The Balaban J connectivity index is 1.45. The summed E-state index contributed by atoms with van der Waals surface area (Å²) in [6.07, 6.45) is 1.56. The molecule has 4 N–H and O–H groups in total. The van der Waals surface area contributed by atoms with Crippen LogP contribution in [-0.2, 0) is 14.3 Å². The fourth-order valence-corrected chi connectivity index (χ4v) is 7.47. The maximum absolute atomic E-state index is 13.3. The Hall–Kier alpha value is -2.85. The lowest BCUT2D eigenvalue weighted by Gasteiger charge is -2.60. The van der Waals surface area contributed by atoms with Crippen molar-refractivity contribution in [1.29, 1.82) is 0 Å². The Morgan fingerprint density at radius 2 is 1.92 bits per heavy atom. The van der Waals surface area contributed by atoms with E-state index in [1.54, 1.807) is 36.3 Å². The molecule has 216 valence electrons. The van der Waals surface area contributed by atoms with Gasteiger partial charge in [0.25, 0.3) is 0 Å². The zero-order valence-corrected chi connectivity index (χ0v) is 23.4. The Labute approximate surface area is 230 Å². The molecule has 1 saturated heterocycles. The van der Waals surface area contributed by atoms with E-state index in [4.69, 9.17) is 9.47 Å². The molecule has 2 saturated carbocycles. The first-order valence-corrected chi connectivity index (χ1v) is 14.0. The number of benzene rings is 1. The van der Waals surface area contributed by atoms with E-state index >= 15 is 0 Å². The summed E-state index contributed by atoms with van der Waals surface area (Å²) in [5.74, 6) is 0.163. The van der Waals surface area contributed by atoms with E-state index in [0.717, 1.165) is 6.42 Å². The molecule has 4 rings (SSSR count). The van der Waals surface area contributed by atoms with Crippen molar-refractivity contribution in [2.24, 2.45) is 22.7 Å². The average molecular weight is 546 g/mol. The highest BCUT2D eigenvalue weighted by Gasteiger charge is 2.60. The zero-order chi connectivity index (χ0) is 28.4. The molecule has 10 nitrogen and oxygen atoms in total. The SMILES string of the molecule is COc1cccc(NC(=O)O[C@@H]2CC[C@]3(C)[C@H](CC[C@@H](O)[C@H]3CC(=O)N3CC[C@H](NC(C)=O)C3)[C@]2(C)CO)c1. The molecule has 1 heterocycles. The van der Waals surface area contributed by atoms with Gasteiger partial charge in [0.15, 0.2) is 0 Å². The summed E-state index contributed by atoms with van der Waals surface area (Å²) in [6, 6.07) is 6.96. The molecule has 0 aromatic heterocycles. The maximum atomic E-state index is 13.3. The van der Waals surface area contributed by atoms with Crippen LogP contribution in [0.2, 0.25) is 0 Å². The number of hydrogen-bond donors (Lipinski definition) is 4. The summed E-state index contributed by atoms with van der Waals surface area (Å²) in [6.45, 7) is 6.43. The first kappa shape index (κ1) is 29.1. The summed E-state index contributed by atoms with van der Waals surface area (Å²) in [5, 5.41) is 27.4. The lowest BCUT2D eigenvalue weighted by atomic mass is 9.46. The average Bonchev–Trinajstić information content (AvgIpc) is 3.36. The Morgan fingerprint density at radius 3 is 2.62 bits per heavy atom. The van der Waals surface area contributed by atoms with E-state index in [-0.39, 0.29) is 42.7 Å². The Kier molecular flexibility index (Phi) is 8.75. The van der Waals surface area contributed by atoms with Crippen LogP contribution in [0.1, 0.15) is 59.3 Å². The van der Waals surface area contributed by atoms with E-state index in [0.29, 0.717) is 50.2 Å². The predicted molar refractivity (Wildman–Crippen MR) is 145 cm³/mol. The van der Waals surface area contributed by atoms with Crippen LogP contribution >= 0.6 is 0 Å². The third-order valence-electron chi connectivity index (χ3n) is 9.58. The third-order valence-corrected chi connectivity index (χ3v) is 9.58. The van der Waals surface area contributed by atoms with Crippen LogP contribution < -0.4 is 15.4 Å². The van der Waals surface area contributed by atoms with Crippen molar-refractivity contribution in [1.82, 2.24) is 10.2 Å². The summed E-state index contributed by atoms with van der Waals surface area (Å²) < 4.78 is 11.1. The van der Waals surface area contributed by atoms with Crippen molar-refractivity contribution < 1.29 is 34.1 Å². The van der Waals surface area contributed by atoms with Crippen LogP contribution in [0.25, 0.3) is 0 Å². The predicted octanol–water partition coefficient (Wildman–Crippen LogP) is 2.93. The minimum Gasteiger partial charge on any atom is -0.497 e. The first-order chi connectivity index (χ1) is 18.5. The Morgan fingerprint density at radius 1 is 1.15 bits per heavy atom. The molecule has 0 unspecified atom stereocenters. The molecular formula is C29H43N3O7. The molecule has 0 radical (unpaired) electrons. The van der Waals surface area contributed by atoms with Gasteiger partial charge in [0.1, 0.15) is 11.9 Å². The first-order valence-electron chi connectivity index (χ1n) is 14.0. The van der Waals surface area contributed by atoms with Gasteiger partial charge in [-0.3, -0.25) is 14.9 Å². The molecule has 39 heavy (non-hydrogen) atoms. The van der Waals surface area contributed by atoms with Crippen molar-refractivity contribution in [3.8, 4) is 5.75 Å². The van der Waals surface area contributed by atoms with Crippen molar-refractivity contribution in [2.45, 2.75) is 77.5 Å². The number of aliphatic hydroxyl groups excluding tert-OH is 2. The van der Waals surface area contributed by atoms with Crippen LogP contribution in [0.15, 0.2) is 24.3 Å². The highest BCUT2D eigenvalue weighted by atomic mass is 16.6. The van der Waals surface area contributed by atoms with Gasteiger partial charge in [-0.1, -0.05) is 19.9 Å². The monoisotopic (exact) mass is 545 g/mol. The van der Waals surface area contributed by atoms with Crippen molar-refractivity contribution in [2.75, 3.05) is 32.1 Å². The smallest absolute Gasteiger partial charge is 0.411 e. The number of fused-ring (bicyclic) bond motifs is 1. The third kappa shape index (κ3) is 6.01. The van der Waals surface area contributed by atoms with Gasteiger partial charge < -0.3 is 29.9 Å². The number of hydrogen-bond acceptors (Lipinski definition) is 7. The minimum absolute atomic E-state index is 0.0180. The van der Waals surface area contributed by atoms with Crippen molar-refractivity contribution >= 4 is 23.6 Å². The molecule has 3 fully saturated rings. The largest absolute Gasteiger partial charge is 0.497 e. The lowest BCUT2D eigenvalue weighted by Crippen LogP contribution is -2.61. The zero-order valence-electron chi connectivity index (χ0n) is 23.4. The molecule has 3 amide bonds. The minimum atomic E-state index is -0.732. The van der Waals surface area contributed by atoms with Gasteiger partial charge in [0.2, 0.25) is 11.8 Å². The highest BCUT2D eigenvalue weighted by molar-refractivity contribution is 5.85. The molecule has 0 bridgehead atoms. The normalized spacial score (nSPS) is 34.1. The molecular weight excluding hydrogens is 502 g/mol. The van der Waals surface area contributed by atoms with E-state index in [1.807, 2.05) is 6.92 Å². The van der Waals surface area contributed by atoms with Gasteiger partial charge in [-0.2, -0.15) is 0 Å². The van der Waals surface area contributed by atoms with Crippen LogP contribution in [0.5, 0.6) is 5.75 Å². The number of likely N-dealkylation sites (tertiary alicyclic amines) is 1. The van der Waals surface area contributed by atoms with Crippen molar-refractivity contribution in [3.63, 3.8) is 0 Å². The van der Waals surface area contributed by atoms with Gasteiger partial charge in [-0.25, -0.2) is 4.79 Å². The maximum Gasteiger partial charge on any atom is 0.411 e. The van der Waals surface area contributed by atoms with Gasteiger partial charge in [-0.05, 0) is 61.5 Å². The molecule has 1 aliphatic heterocycles. The molecule has 2 aliphatic carbocycles. The fraction of sp³-hybridized carbons (Fsp3) is 0.690. The number of ether oxygens (including phenoxy) is 2. The number of aliphatic hydroxyl groups is 2. The molecule has 1 aromatic rings. The second-order valence-corrected chi connectivity index (χ2v) is 12.0. The number of anilines is 1. The summed E-state index contributed by atoms with van der Waals surface area (Å²) in [5.41, 5.74) is -0.595. The van der Waals surface area contributed by atoms with E-state index < -0.39 is 29.1 Å². The standard InChI is InChI=1S/C29H43N3O7/c1-18(34)30-20-11-13-32(16-20)26(36)15-22-23(35)8-9-24-28(22,2)12-10-25(29(24,3)17-33)39-27(37)31-19-6-5-7-21(14-19)38-4/h5-7,14,20,22-25,33,35H,8-13,15-17H2,1-4H3,(H,30,34)(H,31,37)/t20-,22+,23+,24-,25+,28-,29-/m0/s1. The molecule has 7 atom stereocenters. The number of nitrogens with one attached hydrogen (secondary N) is 2. The van der Waals surface area contributed by atoms with Gasteiger partial charge in [-0.15, -0.1) is 0 Å². The van der Waals surface area contributed by atoms with Gasteiger partial charge >= 0.3 is 6.09 Å². The number of amides is 3. The Bertz CT molecular complexity index is 1070. The van der Waals surface area contributed by atoms with Crippen LogP contribution in [0, 0.1) is 22.7 Å². The summed E-state index contributed by atoms with van der Waals surface area (Å²) >= 11 is 0. The number of methoxy groups -OCH3 is 1. The number of rotatable bonds is 7. The second-order valence-electron chi connectivity index (χ2n) is 12.0. The highest BCUT2D eigenvalue weighted by Crippen LogP contribution is 2.61. The molecule has 10 heteroatoms. The number of nitrogens with zero attached hydrogens (tertiary/aromatic N) is 1.